The van der Waals surface area contributed by atoms with Crippen molar-refractivity contribution in [1.82, 2.24) is 0 Å². The number of benzene rings is 1. The number of aromatic hydroxyl groups is 1. The standard InChI is InChI=1S/C15H22O3.Li.H/c1-14(2,3)9-7-10(13(17)18)12(16)11(8-9)15(4,5)6;;/h7-8,16H,1-6H3,(H,17,18);;. The van der Waals surface area contributed by atoms with Gasteiger partial charge >= 0.3 is 24.8 Å². The Hall–Kier alpha value is -0.913. The van der Waals surface area contributed by atoms with Crippen molar-refractivity contribution in [3.05, 3.63) is 28.8 Å². The first kappa shape index (κ1) is 18.1. The predicted octanol–water partition coefficient (Wildman–Crippen LogP) is 3.04. The molecule has 0 aliphatic carbocycles. The van der Waals surface area contributed by atoms with Crippen molar-refractivity contribution in [3.8, 4) is 5.75 Å². The van der Waals surface area contributed by atoms with Crippen LogP contribution in [0.15, 0.2) is 12.1 Å². The van der Waals surface area contributed by atoms with Gasteiger partial charge in [-0.15, -0.1) is 0 Å². The number of hydrogen-bond acceptors (Lipinski definition) is 2. The van der Waals surface area contributed by atoms with Gasteiger partial charge in [-0.05, 0) is 22.5 Å². The summed E-state index contributed by atoms with van der Waals surface area (Å²) in [4.78, 5) is 11.2. The summed E-state index contributed by atoms with van der Waals surface area (Å²) >= 11 is 0. The van der Waals surface area contributed by atoms with Crippen LogP contribution in [0.1, 0.15) is 63.0 Å². The van der Waals surface area contributed by atoms with Crippen LogP contribution >= 0.6 is 0 Å². The fourth-order valence-electron chi connectivity index (χ4n) is 1.80. The van der Waals surface area contributed by atoms with Crippen LogP contribution in [0.3, 0.4) is 0 Å². The van der Waals surface area contributed by atoms with E-state index in [1.165, 1.54) is 0 Å². The molecule has 0 aliphatic rings. The van der Waals surface area contributed by atoms with E-state index in [4.69, 9.17) is 0 Å². The topological polar surface area (TPSA) is 57.5 Å². The van der Waals surface area contributed by atoms with Crippen LogP contribution in [-0.2, 0) is 10.8 Å². The summed E-state index contributed by atoms with van der Waals surface area (Å²) in [6.07, 6.45) is 0. The molecule has 0 amide bonds. The molecule has 0 spiro atoms. The Kier molecular flexibility index (Phi) is 5.34. The van der Waals surface area contributed by atoms with E-state index in [1.807, 2.05) is 47.6 Å². The number of carboxylic acids is 1. The second-order valence-electron chi connectivity index (χ2n) is 6.73. The number of carbonyl (C=O) groups is 1. The summed E-state index contributed by atoms with van der Waals surface area (Å²) in [5, 5.41) is 19.3. The minimum atomic E-state index is -1.09. The fourth-order valence-corrected chi connectivity index (χ4v) is 1.80. The van der Waals surface area contributed by atoms with Crippen LogP contribution in [-0.4, -0.2) is 35.0 Å². The fraction of sp³-hybridized carbons (Fsp3) is 0.533. The first-order valence-electron chi connectivity index (χ1n) is 6.06. The average molecular weight is 258 g/mol. The number of phenols is 1. The van der Waals surface area contributed by atoms with Crippen molar-refractivity contribution in [2.45, 2.75) is 52.4 Å². The number of rotatable bonds is 1. The molecular weight excluding hydrogens is 235 g/mol. The van der Waals surface area contributed by atoms with E-state index < -0.39 is 5.97 Å². The van der Waals surface area contributed by atoms with Crippen molar-refractivity contribution in [2.24, 2.45) is 0 Å². The van der Waals surface area contributed by atoms with E-state index in [-0.39, 0.29) is 41.0 Å². The second-order valence-corrected chi connectivity index (χ2v) is 6.73. The maximum absolute atomic E-state index is 11.2. The first-order chi connectivity index (χ1) is 7.94. The van der Waals surface area contributed by atoms with Crippen LogP contribution < -0.4 is 0 Å². The molecular formula is C15H23LiO3. The Morgan fingerprint density at radius 1 is 1.00 bits per heavy atom. The van der Waals surface area contributed by atoms with Gasteiger partial charge in [0, 0.05) is 5.56 Å². The molecule has 0 bridgehead atoms. The molecule has 0 fully saturated rings. The molecule has 3 nitrogen and oxygen atoms in total. The van der Waals surface area contributed by atoms with Crippen molar-refractivity contribution in [1.29, 1.82) is 0 Å². The molecule has 0 aromatic heterocycles. The summed E-state index contributed by atoms with van der Waals surface area (Å²) in [5.41, 5.74) is 1.12. The van der Waals surface area contributed by atoms with E-state index in [0.29, 0.717) is 5.56 Å². The molecule has 4 heteroatoms. The minimum absolute atomic E-state index is 0. The van der Waals surface area contributed by atoms with Crippen molar-refractivity contribution in [3.63, 3.8) is 0 Å². The van der Waals surface area contributed by atoms with Crippen molar-refractivity contribution in [2.75, 3.05) is 0 Å². The zero-order valence-electron chi connectivity index (χ0n) is 12.0. The van der Waals surface area contributed by atoms with E-state index in [1.54, 1.807) is 6.07 Å². The molecule has 1 aromatic rings. The summed E-state index contributed by atoms with van der Waals surface area (Å²) in [6, 6.07) is 3.47. The van der Waals surface area contributed by atoms with Crippen molar-refractivity contribution >= 4 is 24.8 Å². The SMILES string of the molecule is CC(C)(C)c1cc(C(=O)O)c(O)c(C(C)(C)C)c1.[LiH]. The second kappa shape index (κ2) is 5.61. The molecule has 0 unspecified atom stereocenters. The van der Waals surface area contributed by atoms with Crippen molar-refractivity contribution < 1.29 is 15.0 Å². The molecule has 0 aliphatic heterocycles. The van der Waals surface area contributed by atoms with Gasteiger partial charge in [-0.25, -0.2) is 4.79 Å². The third-order valence-electron chi connectivity index (χ3n) is 3.01. The first-order valence-corrected chi connectivity index (χ1v) is 6.06. The van der Waals surface area contributed by atoms with Crippen LogP contribution in [0, 0.1) is 0 Å². The Morgan fingerprint density at radius 3 is 1.79 bits per heavy atom. The normalized spacial score (nSPS) is 11.9. The molecule has 0 saturated carbocycles. The molecule has 0 atom stereocenters. The monoisotopic (exact) mass is 258 g/mol. The van der Waals surface area contributed by atoms with Gasteiger partial charge in [0.25, 0.3) is 0 Å². The Balaban J connectivity index is 0.00000324. The van der Waals surface area contributed by atoms with Gasteiger partial charge in [-0.2, -0.15) is 0 Å². The Morgan fingerprint density at radius 2 is 1.47 bits per heavy atom. The average Bonchev–Trinajstić information content (AvgIpc) is 2.13. The van der Waals surface area contributed by atoms with Gasteiger partial charge in [0.2, 0.25) is 0 Å². The Labute approximate surface area is 127 Å². The zero-order valence-corrected chi connectivity index (χ0v) is 12.0. The molecule has 102 valence electrons. The summed E-state index contributed by atoms with van der Waals surface area (Å²) in [6.45, 7) is 12.0. The van der Waals surface area contributed by atoms with Crippen LogP contribution in [0.5, 0.6) is 5.75 Å². The predicted molar refractivity (Wildman–Crippen MR) is 79.6 cm³/mol. The van der Waals surface area contributed by atoms with E-state index >= 15 is 0 Å². The molecule has 0 saturated heterocycles. The van der Waals surface area contributed by atoms with Gasteiger partial charge in [-0.1, -0.05) is 47.6 Å². The third-order valence-corrected chi connectivity index (χ3v) is 3.01. The van der Waals surface area contributed by atoms with Crippen LogP contribution in [0.2, 0.25) is 0 Å². The summed E-state index contributed by atoms with van der Waals surface area (Å²) in [7, 11) is 0. The zero-order chi connectivity index (χ0) is 14.3. The molecule has 19 heavy (non-hydrogen) atoms. The van der Waals surface area contributed by atoms with E-state index in [2.05, 4.69) is 0 Å². The van der Waals surface area contributed by atoms with Gasteiger partial charge < -0.3 is 10.2 Å². The van der Waals surface area contributed by atoms with Gasteiger partial charge in [0.05, 0.1) is 0 Å². The number of carboxylic acid groups (broad SMARTS) is 1. The number of aromatic carboxylic acids is 1. The van der Waals surface area contributed by atoms with Gasteiger partial charge in [0.1, 0.15) is 11.3 Å². The molecule has 1 rings (SSSR count). The van der Waals surface area contributed by atoms with Gasteiger partial charge in [-0.3, -0.25) is 0 Å². The molecule has 0 radical (unpaired) electrons. The quantitative estimate of drug-likeness (QED) is 0.761. The third kappa shape index (κ3) is 4.02. The van der Waals surface area contributed by atoms with E-state index in [0.717, 1.165) is 5.56 Å². The van der Waals surface area contributed by atoms with Gasteiger partial charge in [0.15, 0.2) is 0 Å². The molecule has 1 aromatic carbocycles. The summed E-state index contributed by atoms with van der Waals surface area (Å²) in [5.74, 6) is -1.22. The summed E-state index contributed by atoms with van der Waals surface area (Å²) < 4.78 is 0. The van der Waals surface area contributed by atoms with Crippen LogP contribution in [0.25, 0.3) is 0 Å². The Bertz CT molecular complexity index is 479. The molecule has 2 N–H and O–H groups in total. The van der Waals surface area contributed by atoms with Crippen LogP contribution in [0.4, 0.5) is 0 Å². The number of hydrogen-bond donors (Lipinski definition) is 2. The van der Waals surface area contributed by atoms with E-state index in [9.17, 15) is 15.0 Å². The maximum atomic E-state index is 11.2. The molecule has 0 heterocycles.